The van der Waals surface area contributed by atoms with Gasteiger partial charge in [-0.05, 0) is 125 Å². The molecule has 0 fully saturated rings. The fourth-order valence-electron chi connectivity index (χ4n) is 9.78. The lowest BCUT2D eigenvalue weighted by atomic mass is 9.93. The number of halogens is 3. The van der Waals surface area contributed by atoms with E-state index in [0.29, 0.717) is 16.7 Å². The van der Waals surface area contributed by atoms with Gasteiger partial charge in [-0.25, -0.2) is 0 Å². The Labute approximate surface area is 378 Å². The van der Waals surface area contributed by atoms with E-state index in [1.54, 1.807) is 0 Å². The number of hydrogen-bond donors (Lipinski definition) is 0. The van der Waals surface area contributed by atoms with Gasteiger partial charge < -0.3 is 9.13 Å². The molecule has 0 saturated carbocycles. The first-order chi connectivity index (χ1) is 32.1. The Morgan fingerprint density at radius 3 is 1.38 bits per heavy atom. The van der Waals surface area contributed by atoms with Crippen LogP contribution in [-0.2, 0) is 6.18 Å². The van der Waals surface area contributed by atoms with Gasteiger partial charge in [0.05, 0.1) is 62.3 Å². The molecule has 9 aromatic carbocycles. The molecular weight excluding hydrogens is 822 g/mol. The highest BCUT2D eigenvalue weighted by molar-refractivity contribution is 6.13. The topological polar surface area (TPSA) is 57.4 Å². The molecule has 0 atom stereocenters. The Morgan fingerprint density at radius 2 is 0.848 bits per heavy atom. The summed E-state index contributed by atoms with van der Waals surface area (Å²) < 4.78 is 46.3. The van der Waals surface area contributed by atoms with Gasteiger partial charge in [0.1, 0.15) is 0 Å². The second-order valence-corrected chi connectivity index (χ2v) is 16.7. The number of aromatic nitrogens is 2. The van der Waals surface area contributed by atoms with Crippen molar-refractivity contribution in [2.75, 3.05) is 0 Å². The number of benzene rings is 9. The molecule has 0 unspecified atom stereocenters. The van der Waals surface area contributed by atoms with Gasteiger partial charge in [0.15, 0.2) is 0 Å². The Hall–Kier alpha value is -8.65. The molecule has 0 aliphatic rings. The summed E-state index contributed by atoms with van der Waals surface area (Å²) in [7, 11) is 0. The van der Waals surface area contributed by atoms with Crippen LogP contribution in [0.15, 0.2) is 188 Å². The summed E-state index contributed by atoms with van der Waals surface area (Å²) in [6, 6.07) is 65.5. The van der Waals surface area contributed by atoms with Gasteiger partial charge in [-0.2, -0.15) is 23.7 Å². The maximum absolute atomic E-state index is 14.0. The number of nitrogens with zero attached hydrogens (tertiary/aromatic N) is 4. The molecule has 2 heterocycles. The Bertz CT molecular complexity index is 3870. The predicted octanol–water partition coefficient (Wildman–Crippen LogP) is 15.9. The van der Waals surface area contributed by atoms with E-state index in [-0.39, 0.29) is 5.56 Å². The van der Waals surface area contributed by atoms with Crippen molar-refractivity contribution < 1.29 is 13.2 Å². The zero-order valence-electron chi connectivity index (χ0n) is 35.8. The van der Waals surface area contributed by atoms with Gasteiger partial charge in [-0.3, -0.25) is 0 Å². The molecule has 11 aromatic rings. The highest BCUT2D eigenvalue weighted by Crippen LogP contribution is 2.44. The van der Waals surface area contributed by atoms with Crippen LogP contribution < -0.4 is 0 Å². The lowest BCUT2D eigenvalue weighted by Crippen LogP contribution is -2.05. The van der Waals surface area contributed by atoms with Gasteiger partial charge in [0.2, 0.25) is 0 Å². The molecule has 314 valence electrons. The second kappa shape index (κ2) is 15.6. The van der Waals surface area contributed by atoms with Crippen molar-refractivity contribution in [2.24, 2.45) is 0 Å². The van der Waals surface area contributed by atoms with E-state index >= 15 is 0 Å². The zero-order valence-corrected chi connectivity index (χ0v) is 35.8. The summed E-state index contributed by atoms with van der Waals surface area (Å²) in [6.45, 7) is 4.22. The largest absolute Gasteiger partial charge is 0.416 e. The normalized spacial score (nSPS) is 11.7. The predicted molar refractivity (Wildman–Crippen MR) is 261 cm³/mol. The van der Waals surface area contributed by atoms with E-state index < -0.39 is 11.7 Å². The van der Waals surface area contributed by atoms with E-state index in [2.05, 4.69) is 120 Å². The van der Waals surface area contributed by atoms with E-state index in [0.717, 1.165) is 106 Å². The molecule has 0 bridgehead atoms. The van der Waals surface area contributed by atoms with Crippen molar-refractivity contribution in [2.45, 2.75) is 20.0 Å². The van der Waals surface area contributed by atoms with Crippen LogP contribution in [0, 0.1) is 36.5 Å². The number of alkyl halides is 3. The van der Waals surface area contributed by atoms with Crippen molar-refractivity contribution in [1.82, 2.24) is 9.13 Å². The minimum atomic E-state index is -4.61. The summed E-state index contributed by atoms with van der Waals surface area (Å²) in [6.07, 6.45) is -4.61. The number of aryl methyl sites for hydroxylation is 2. The molecule has 0 N–H and O–H groups in total. The van der Waals surface area contributed by atoms with Crippen LogP contribution in [0.5, 0.6) is 0 Å². The van der Waals surface area contributed by atoms with Crippen molar-refractivity contribution >= 4 is 43.6 Å². The number of hydrogen-bond acceptors (Lipinski definition) is 2. The number of nitriles is 2. The summed E-state index contributed by atoms with van der Waals surface area (Å²) in [5.74, 6) is 0. The van der Waals surface area contributed by atoms with E-state index in [9.17, 15) is 23.7 Å². The van der Waals surface area contributed by atoms with Gasteiger partial charge in [-0.1, -0.05) is 121 Å². The molecule has 0 aliphatic heterocycles. The van der Waals surface area contributed by atoms with Crippen molar-refractivity contribution in [3.63, 3.8) is 0 Å². The summed E-state index contributed by atoms with van der Waals surface area (Å²) in [5.41, 5.74) is 14.2. The first-order valence-electron chi connectivity index (χ1n) is 21.6. The van der Waals surface area contributed by atoms with Crippen LogP contribution in [-0.4, -0.2) is 9.13 Å². The van der Waals surface area contributed by atoms with Gasteiger partial charge in [0.25, 0.3) is 0 Å². The SMILES string of the molecule is Cc1ccccc1-c1ccc2c(c1)c1ccccc1n2-c1cc(C#N)ccc1-c1ccc(-c2ccc(C(F)(F)F)cc2C#N)cc1-n1c2ccccc2c2cc(-c3ccccc3C)ccc21. The molecule has 11 rings (SSSR count). The van der Waals surface area contributed by atoms with Gasteiger partial charge >= 0.3 is 6.18 Å². The van der Waals surface area contributed by atoms with E-state index in [1.165, 1.54) is 11.6 Å². The van der Waals surface area contributed by atoms with Crippen LogP contribution in [0.2, 0.25) is 0 Å². The zero-order chi connectivity index (χ0) is 45.3. The molecule has 0 spiro atoms. The van der Waals surface area contributed by atoms with Crippen LogP contribution >= 0.6 is 0 Å². The van der Waals surface area contributed by atoms with E-state index in [1.807, 2.05) is 84.9 Å². The summed E-state index contributed by atoms with van der Waals surface area (Å²) >= 11 is 0. The fourth-order valence-corrected chi connectivity index (χ4v) is 9.78. The lowest BCUT2D eigenvalue weighted by Gasteiger charge is -2.20. The summed E-state index contributed by atoms with van der Waals surface area (Å²) in [5, 5.41) is 24.9. The van der Waals surface area contributed by atoms with Crippen LogP contribution in [0.25, 0.3) is 99.5 Å². The van der Waals surface area contributed by atoms with Gasteiger partial charge in [-0.15, -0.1) is 0 Å². The highest BCUT2D eigenvalue weighted by Gasteiger charge is 2.31. The molecule has 66 heavy (non-hydrogen) atoms. The van der Waals surface area contributed by atoms with Crippen molar-refractivity contribution in [3.05, 3.63) is 216 Å². The summed E-state index contributed by atoms with van der Waals surface area (Å²) in [4.78, 5) is 0. The van der Waals surface area contributed by atoms with Crippen LogP contribution in [0.4, 0.5) is 13.2 Å². The van der Waals surface area contributed by atoms with Gasteiger partial charge in [0, 0.05) is 32.7 Å². The average Bonchev–Trinajstić information content (AvgIpc) is 3.85. The molecule has 0 radical (unpaired) electrons. The minimum absolute atomic E-state index is 0.0805. The smallest absolute Gasteiger partial charge is 0.309 e. The number of para-hydroxylation sites is 2. The first-order valence-corrected chi connectivity index (χ1v) is 21.6. The van der Waals surface area contributed by atoms with E-state index in [4.69, 9.17) is 0 Å². The molecule has 2 aromatic heterocycles. The minimum Gasteiger partial charge on any atom is -0.309 e. The van der Waals surface area contributed by atoms with Crippen molar-refractivity contribution in [3.8, 4) is 68.0 Å². The maximum Gasteiger partial charge on any atom is 0.416 e. The molecule has 0 saturated heterocycles. The molecule has 4 nitrogen and oxygen atoms in total. The molecule has 0 amide bonds. The highest BCUT2D eigenvalue weighted by atomic mass is 19.4. The Kier molecular flexibility index (Phi) is 9.46. The lowest BCUT2D eigenvalue weighted by molar-refractivity contribution is -0.137. The average molecular weight is 859 g/mol. The van der Waals surface area contributed by atoms with Crippen molar-refractivity contribution in [1.29, 1.82) is 10.5 Å². The number of rotatable bonds is 6. The molecule has 0 aliphatic carbocycles. The Morgan fingerprint density at radius 1 is 0.394 bits per heavy atom. The maximum atomic E-state index is 14.0. The molecule has 7 heteroatoms. The third-order valence-corrected chi connectivity index (χ3v) is 12.9. The third kappa shape index (κ3) is 6.52. The fraction of sp³-hybridized carbons (Fsp3) is 0.0508. The standard InChI is InChI=1S/C59H37F3N4/c1-36-11-3-5-13-44(36)39-21-27-55-51(31-39)47-15-7-9-17-53(47)65(55)57-29-38(34-63)19-24-49(57)50-25-20-41(46-26-23-43(59(60,61)62)30-42(46)35-64)33-58(50)66-54-18-10-8-16-48(54)52-32-40(22-28-56(52)66)45-14-6-4-12-37(45)2/h3-33H,1-2H3. The molecular formula is C59H37F3N4. The third-order valence-electron chi connectivity index (χ3n) is 12.9. The monoisotopic (exact) mass is 858 g/mol. The first kappa shape index (κ1) is 40.1. The van der Waals surface area contributed by atoms with Crippen LogP contribution in [0.1, 0.15) is 27.8 Å². The quantitative estimate of drug-likeness (QED) is 0.167. The Balaban J connectivity index is 1.22. The number of fused-ring (bicyclic) bond motifs is 6. The van der Waals surface area contributed by atoms with Crippen LogP contribution in [0.3, 0.4) is 0 Å². The second-order valence-electron chi connectivity index (χ2n) is 16.7.